The van der Waals surface area contributed by atoms with Crippen molar-refractivity contribution in [3.63, 3.8) is 0 Å². The molecule has 80 valence electrons. The molecule has 0 heterocycles. The summed E-state index contributed by atoms with van der Waals surface area (Å²) in [5.74, 6) is -2.79. The Morgan fingerprint density at radius 3 is 2.29 bits per heavy atom. The van der Waals surface area contributed by atoms with Crippen LogP contribution in [0.15, 0.2) is 36.0 Å². The monoisotopic (exact) mass is 200 g/mol. The lowest BCUT2D eigenvalue weighted by Gasteiger charge is -2.12. The van der Waals surface area contributed by atoms with Crippen LogP contribution in [0, 0.1) is 0 Å². The molecule has 0 spiro atoms. The summed E-state index contributed by atoms with van der Waals surface area (Å²) in [6.45, 7) is 8.41. The van der Waals surface area contributed by atoms with Crippen LogP contribution in [0.1, 0.15) is 33.6 Å². The highest BCUT2D eigenvalue weighted by atomic mass is 19.3. The first-order valence-corrected chi connectivity index (χ1v) is 4.86. The Morgan fingerprint density at radius 1 is 1.36 bits per heavy atom. The van der Waals surface area contributed by atoms with Crippen molar-refractivity contribution in [1.82, 2.24) is 0 Å². The summed E-state index contributed by atoms with van der Waals surface area (Å²) in [6, 6.07) is 0. The zero-order valence-electron chi connectivity index (χ0n) is 9.11. The molecule has 0 bridgehead atoms. The smallest absolute Gasteiger partial charge is 0.202 e. The Kier molecular flexibility index (Phi) is 5.36. The van der Waals surface area contributed by atoms with Crippen molar-refractivity contribution < 1.29 is 8.78 Å². The first kappa shape index (κ1) is 13.1. The number of halogens is 2. The predicted octanol–water partition coefficient (Wildman–Crippen LogP) is 4.50. The van der Waals surface area contributed by atoms with Gasteiger partial charge in [0.15, 0.2) is 0 Å². The molecule has 0 radical (unpaired) electrons. The van der Waals surface area contributed by atoms with Gasteiger partial charge in [-0.05, 0) is 12.8 Å². The van der Waals surface area contributed by atoms with E-state index in [4.69, 9.17) is 0 Å². The van der Waals surface area contributed by atoms with Crippen LogP contribution < -0.4 is 0 Å². The summed E-state index contributed by atoms with van der Waals surface area (Å²) < 4.78 is 26.1. The van der Waals surface area contributed by atoms with Gasteiger partial charge in [-0.2, -0.15) is 0 Å². The second-order valence-electron chi connectivity index (χ2n) is 3.31. The molecule has 0 atom stereocenters. The molecule has 0 aromatic carbocycles. The second kappa shape index (κ2) is 5.74. The maximum Gasteiger partial charge on any atom is 0.270 e. The lowest BCUT2D eigenvalue weighted by atomic mass is 10.1. The minimum absolute atomic E-state index is 0.0335. The van der Waals surface area contributed by atoms with Crippen LogP contribution in [0.25, 0.3) is 0 Å². The van der Waals surface area contributed by atoms with Gasteiger partial charge in [0, 0.05) is 12.5 Å². The van der Waals surface area contributed by atoms with E-state index in [0.717, 1.165) is 18.9 Å². The fourth-order valence-electron chi connectivity index (χ4n) is 0.888. The van der Waals surface area contributed by atoms with Gasteiger partial charge in [-0.3, -0.25) is 0 Å². The van der Waals surface area contributed by atoms with Crippen molar-refractivity contribution in [3.8, 4) is 0 Å². The molecule has 14 heavy (non-hydrogen) atoms. The van der Waals surface area contributed by atoms with Crippen molar-refractivity contribution in [2.75, 3.05) is 0 Å². The summed E-state index contributed by atoms with van der Waals surface area (Å²) in [5.41, 5.74) is 0.758. The van der Waals surface area contributed by atoms with Gasteiger partial charge >= 0.3 is 0 Å². The number of rotatable bonds is 5. The zero-order chi connectivity index (χ0) is 11.2. The molecule has 0 amide bonds. The summed E-state index contributed by atoms with van der Waals surface area (Å²) in [5, 5.41) is 0. The molecule has 0 aromatic heterocycles. The van der Waals surface area contributed by atoms with E-state index in [1.54, 1.807) is 6.08 Å². The minimum atomic E-state index is -2.79. The second-order valence-corrected chi connectivity index (χ2v) is 3.31. The predicted molar refractivity (Wildman–Crippen MR) is 57.6 cm³/mol. The van der Waals surface area contributed by atoms with Crippen LogP contribution in [0.2, 0.25) is 0 Å². The van der Waals surface area contributed by atoms with Gasteiger partial charge < -0.3 is 0 Å². The van der Waals surface area contributed by atoms with E-state index in [9.17, 15) is 8.78 Å². The lowest BCUT2D eigenvalue weighted by Crippen LogP contribution is -2.12. The Morgan fingerprint density at radius 2 is 1.93 bits per heavy atom. The molecule has 0 saturated carbocycles. The maximum atomic E-state index is 13.0. The Bertz CT molecular complexity index is 242. The summed E-state index contributed by atoms with van der Waals surface area (Å²) in [6.07, 6.45) is 6.12. The summed E-state index contributed by atoms with van der Waals surface area (Å²) in [4.78, 5) is 0. The average molecular weight is 200 g/mol. The summed E-state index contributed by atoms with van der Waals surface area (Å²) >= 11 is 0. The number of hydrogen-bond acceptors (Lipinski definition) is 0. The van der Waals surface area contributed by atoms with Crippen molar-refractivity contribution in [2.24, 2.45) is 0 Å². The highest BCUT2D eigenvalue weighted by Crippen LogP contribution is 2.25. The first-order chi connectivity index (χ1) is 6.41. The van der Waals surface area contributed by atoms with Gasteiger partial charge in [-0.15, -0.1) is 0 Å². The number of hydrogen-bond donors (Lipinski definition) is 0. The lowest BCUT2D eigenvalue weighted by molar-refractivity contribution is 0.0674. The molecule has 0 saturated heterocycles. The third kappa shape index (κ3) is 4.95. The third-order valence-electron chi connectivity index (χ3n) is 1.85. The van der Waals surface area contributed by atoms with E-state index in [1.807, 2.05) is 13.8 Å². The van der Waals surface area contributed by atoms with E-state index in [-0.39, 0.29) is 5.57 Å². The normalized spacial score (nSPS) is 13.6. The standard InChI is InChI=1S/C12H18F2/c1-5-7-8-11(12(4,13)14)9-10(3)6-2/h7-9H,3,5-6H2,1-2,4H3/b8-7-,11-9+. The van der Waals surface area contributed by atoms with Crippen molar-refractivity contribution in [1.29, 1.82) is 0 Å². The molecule has 0 nitrogen and oxygen atoms in total. The highest BCUT2D eigenvalue weighted by Gasteiger charge is 2.25. The minimum Gasteiger partial charge on any atom is -0.202 e. The van der Waals surface area contributed by atoms with E-state index in [0.29, 0.717) is 6.42 Å². The van der Waals surface area contributed by atoms with Crippen LogP contribution in [0.3, 0.4) is 0 Å². The molecular weight excluding hydrogens is 182 g/mol. The molecule has 0 unspecified atom stereocenters. The van der Waals surface area contributed by atoms with E-state index >= 15 is 0 Å². The van der Waals surface area contributed by atoms with Crippen LogP contribution in [0.4, 0.5) is 8.78 Å². The average Bonchev–Trinajstić information content (AvgIpc) is 2.09. The van der Waals surface area contributed by atoms with Gasteiger partial charge in [0.05, 0.1) is 0 Å². The molecule has 0 rings (SSSR count). The Labute approximate surface area is 85.0 Å². The van der Waals surface area contributed by atoms with Crippen LogP contribution >= 0.6 is 0 Å². The van der Waals surface area contributed by atoms with Gasteiger partial charge in [-0.25, -0.2) is 8.78 Å². The molecule has 0 fully saturated rings. The Balaban J connectivity index is 4.82. The molecule has 0 N–H and O–H groups in total. The van der Waals surface area contributed by atoms with Gasteiger partial charge in [-0.1, -0.05) is 44.2 Å². The molecule has 0 aliphatic heterocycles. The molecule has 0 aliphatic rings. The fourth-order valence-corrected chi connectivity index (χ4v) is 0.888. The largest absolute Gasteiger partial charge is 0.270 e. The number of alkyl halides is 2. The van der Waals surface area contributed by atoms with E-state index in [1.165, 1.54) is 12.2 Å². The molecule has 0 aliphatic carbocycles. The van der Waals surface area contributed by atoms with Crippen LogP contribution in [-0.2, 0) is 0 Å². The SMILES string of the molecule is C=C(/C=C(\C=C/CC)C(C)(F)F)CC. The van der Waals surface area contributed by atoms with Crippen molar-refractivity contribution >= 4 is 0 Å². The summed E-state index contributed by atoms with van der Waals surface area (Å²) in [7, 11) is 0. The fraction of sp³-hybridized carbons (Fsp3) is 0.500. The van der Waals surface area contributed by atoms with E-state index in [2.05, 4.69) is 6.58 Å². The van der Waals surface area contributed by atoms with Gasteiger partial charge in [0.25, 0.3) is 5.92 Å². The van der Waals surface area contributed by atoms with Gasteiger partial charge in [0.1, 0.15) is 0 Å². The maximum absolute atomic E-state index is 13.0. The highest BCUT2D eigenvalue weighted by molar-refractivity contribution is 5.32. The van der Waals surface area contributed by atoms with Crippen molar-refractivity contribution in [2.45, 2.75) is 39.5 Å². The molecular formula is C12H18F2. The molecule has 0 aromatic rings. The first-order valence-electron chi connectivity index (χ1n) is 4.86. The molecule has 2 heteroatoms. The Hall–Kier alpha value is -0.920. The van der Waals surface area contributed by atoms with Crippen molar-refractivity contribution in [3.05, 3.63) is 36.0 Å². The topological polar surface area (TPSA) is 0 Å². The zero-order valence-corrected chi connectivity index (χ0v) is 9.11. The van der Waals surface area contributed by atoms with Crippen LogP contribution in [-0.4, -0.2) is 5.92 Å². The number of allylic oxidation sites excluding steroid dienone is 5. The third-order valence-corrected chi connectivity index (χ3v) is 1.85. The quantitative estimate of drug-likeness (QED) is 0.573. The van der Waals surface area contributed by atoms with Crippen LogP contribution in [0.5, 0.6) is 0 Å². The van der Waals surface area contributed by atoms with Gasteiger partial charge in [0.2, 0.25) is 0 Å². The van der Waals surface area contributed by atoms with E-state index < -0.39 is 5.92 Å².